The van der Waals surface area contributed by atoms with Gasteiger partial charge in [0, 0.05) is 29.4 Å². The summed E-state index contributed by atoms with van der Waals surface area (Å²) in [6.45, 7) is 0.513. The molecule has 2 N–H and O–H groups in total. The molecule has 26 heavy (non-hydrogen) atoms. The number of carbonyl (C=O) groups is 1. The lowest BCUT2D eigenvalue weighted by Crippen LogP contribution is -2.36. The summed E-state index contributed by atoms with van der Waals surface area (Å²) in [6.07, 6.45) is 5.68. The summed E-state index contributed by atoms with van der Waals surface area (Å²) in [5.74, 6) is 0.764. The van der Waals surface area contributed by atoms with Gasteiger partial charge in [-0.3, -0.25) is 13.9 Å². The van der Waals surface area contributed by atoms with E-state index in [9.17, 15) is 13.9 Å². The van der Waals surface area contributed by atoms with E-state index < -0.39 is 10.8 Å². The Hall–Kier alpha value is -2.67. The normalized spacial score (nSPS) is 19.2. The van der Waals surface area contributed by atoms with E-state index in [1.807, 2.05) is 53.6 Å². The molecule has 0 spiro atoms. The van der Waals surface area contributed by atoms with Crippen LogP contribution in [0.2, 0.25) is 0 Å². The number of fused-ring (bicyclic) bond motifs is 1. The summed E-state index contributed by atoms with van der Waals surface area (Å²) in [5.41, 5.74) is 2.95. The molecule has 2 aliphatic rings. The molecule has 0 fully saturated rings. The fourth-order valence-corrected chi connectivity index (χ4v) is 4.03. The highest BCUT2D eigenvalue weighted by Gasteiger charge is 2.27. The van der Waals surface area contributed by atoms with Crippen LogP contribution in [0.1, 0.15) is 21.5 Å². The van der Waals surface area contributed by atoms with Gasteiger partial charge in [0.2, 0.25) is 0 Å². The molecule has 132 valence electrons. The van der Waals surface area contributed by atoms with E-state index in [1.54, 1.807) is 24.3 Å². The van der Waals surface area contributed by atoms with E-state index in [1.165, 1.54) is 0 Å². The van der Waals surface area contributed by atoms with Gasteiger partial charge in [-0.25, -0.2) is 0 Å². The number of ketones is 1. The van der Waals surface area contributed by atoms with Crippen molar-refractivity contribution in [3.63, 3.8) is 0 Å². The van der Waals surface area contributed by atoms with Gasteiger partial charge < -0.3 is 4.90 Å². The number of allylic oxidation sites excluding steroid dienone is 2. The average Bonchev–Trinajstić information content (AvgIpc) is 2.67. The zero-order valence-corrected chi connectivity index (χ0v) is 14.8. The highest BCUT2D eigenvalue weighted by atomic mass is 32.3. The second kappa shape index (κ2) is 6.57. The topological polar surface area (TPSA) is 73.1 Å². The van der Waals surface area contributed by atoms with Crippen molar-refractivity contribution in [2.45, 2.75) is 0 Å². The molecule has 2 aliphatic heterocycles. The number of nitrogens with zero attached hydrogens (tertiary/aromatic N) is 2. The number of benzene rings is 2. The zero-order valence-electron chi connectivity index (χ0n) is 13.9. The SMILES string of the molecule is O=C(c1ccccc1)c1ccc(C2=CC=CN3CCS(O)(O)N=C23)cc1. The molecule has 0 unspecified atom stereocenters. The van der Waals surface area contributed by atoms with Crippen molar-refractivity contribution in [3.05, 3.63) is 89.6 Å². The molecule has 0 aliphatic carbocycles. The van der Waals surface area contributed by atoms with Crippen LogP contribution >= 0.6 is 10.8 Å². The van der Waals surface area contributed by atoms with Crippen LogP contribution in [0.15, 0.2) is 77.3 Å². The molecular weight excluding hydrogens is 348 g/mol. The Morgan fingerprint density at radius 1 is 1.00 bits per heavy atom. The molecule has 0 atom stereocenters. The average molecular weight is 366 g/mol. The molecule has 0 amide bonds. The van der Waals surface area contributed by atoms with Crippen molar-refractivity contribution in [1.29, 1.82) is 0 Å². The van der Waals surface area contributed by atoms with Crippen LogP contribution in [0.4, 0.5) is 0 Å². The lowest BCUT2D eigenvalue weighted by Gasteiger charge is -2.38. The molecule has 6 heteroatoms. The minimum Gasteiger partial charge on any atom is -0.330 e. The summed E-state index contributed by atoms with van der Waals surface area (Å²) in [4.78, 5) is 14.4. The lowest BCUT2D eigenvalue weighted by atomic mass is 9.97. The van der Waals surface area contributed by atoms with Gasteiger partial charge in [-0.05, 0) is 17.7 Å². The van der Waals surface area contributed by atoms with Crippen molar-refractivity contribution >= 4 is 28.0 Å². The standard InChI is InChI=1S/C20H18N2O3S/c23-19(16-5-2-1-3-6-16)17-10-8-15(9-11-17)18-7-4-12-22-13-14-26(24,25)21-20(18)22/h1-12,24-25H,13-14H2. The molecule has 0 aromatic heterocycles. The Morgan fingerprint density at radius 2 is 1.69 bits per heavy atom. The van der Waals surface area contributed by atoms with Crippen LogP contribution in [-0.4, -0.2) is 37.9 Å². The molecule has 0 radical (unpaired) electrons. The van der Waals surface area contributed by atoms with Gasteiger partial charge in [0.15, 0.2) is 11.6 Å². The Kier molecular flexibility index (Phi) is 4.24. The Bertz CT molecular complexity index is 931. The summed E-state index contributed by atoms with van der Waals surface area (Å²) < 4.78 is 24.0. The number of hydrogen-bond acceptors (Lipinski definition) is 5. The van der Waals surface area contributed by atoms with Crippen LogP contribution in [0, 0.1) is 0 Å². The van der Waals surface area contributed by atoms with Crippen molar-refractivity contribution in [2.75, 3.05) is 12.3 Å². The lowest BCUT2D eigenvalue weighted by molar-refractivity contribution is 0.103. The monoisotopic (exact) mass is 366 g/mol. The predicted molar refractivity (Wildman–Crippen MR) is 105 cm³/mol. The largest absolute Gasteiger partial charge is 0.330 e. The number of carbonyl (C=O) groups excluding carboxylic acids is 1. The predicted octanol–water partition coefficient (Wildman–Crippen LogP) is 4.21. The molecule has 4 rings (SSSR count). The van der Waals surface area contributed by atoms with Gasteiger partial charge in [0.1, 0.15) is 0 Å². The van der Waals surface area contributed by atoms with Gasteiger partial charge in [0.25, 0.3) is 0 Å². The van der Waals surface area contributed by atoms with Crippen molar-refractivity contribution in [2.24, 2.45) is 4.40 Å². The number of rotatable bonds is 3. The van der Waals surface area contributed by atoms with E-state index in [0.29, 0.717) is 23.5 Å². The molecular formula is C20H18N2O3S. The first-order chi connectivity index (χ1) is 12.5. The summed E-state index contributed by atoms with van der Waals surface area (Å²) in [5, 5.41) is 0. The molecule has 2 heterocycles. The molecule has 5 nitrogen and oxygen atoms in total. The second-order valence-electron chi connectivity index (χ2n) is 6.14. The minimum atomic E-state index is -2.93. The van der Waals surface area contributed by atoms with Gasteiger partial charge in [-0.1, -0.05) is 65.4 Å². The van der Waals surface area contributed by atoms with Crippen LogP contribution in [0.25, 0.3) is 5.57 Å². The maximum Gasteiger partial charge on any atom is 0.193 e. The molecule has 2 aromatic rings. The smallest absolute Gasteiger partial charge is 0.193 e. The van der Waals surface area contributed by atoms with Gasteiger partial charge in [-0.2, -0.15) is 0 Å². The van der Waals surface area contributed by atoms with E-state index in [-0.39, 0.29) is 11.5 Å². The van der Waals surface area contributed by atoms with E-state index in [4.69, 9.17) is 0 Å². The van der Waals surface area contributed by atoms with Crippen LogP contribution in [0.5, 0.6) is 0 Å². The third kappa shape index (κ3) is 3.22. The first-order valence-corrected chi connectivity index (χ1v) is 9.92. The van der Waals surface area contributed by atoms with Gasteiger partial charge >= 0.3 is 0 Å². The number of hydrogen-bond donors (Lipinski definition) is 2. The minimum absolute atomic E-state index is 0.0273. The van der Waals surface area contributed by atoms with Crippen LogP contribution in [-0.2, 0) is 0 Å². The highest BCUT2D eigenvalue weighted by Crippen LogP contribution is 2.45. The third-order valence-electron chi connectivity index (χ3n) is 4.37. The van der Waals surface area contributed by atoms with Gasteiger partial charge in [0.05, 0.1) is 5.75 Å². The Balaban J connectivity index is 1.65. The third-order valence-corrected chi connectivity index (χ3v) is 5.57. The summed E-state index contributed by atoms with van der Waals surface area (Å²) >= 11 is 0. The molecule has 0 saturated heterocycles. The van der Waals surface area contributed by atoms with Crippen LogP contribution < -0.4 is 0 Å². The van der Waals surface area contributed by atoms with Gasteiger partial charge in [-0.15, -0.1) is 4.40 Å². The van der Waals surface area contributed by atoms with Crippen molar-refractivity contribution < 1.29 is 13.9 Å². The summed E-state index contributed by atoms with van der Waals surface area (Å²) in [7, 11) is -2.93. The number of amidine groups is 1. The first kappa shape index (κ1) is 16.8. The highest BCUT2D eigenvalue weighted by molar-refractivity contribution is 8.23. The Morgan fingerprint density at radius 3 is 2.42 bits per heavy atom. The molecule has 2 aromatic carbocycles. The summed E-state index contributed by atoms with van der Waals surface area (Å²) in [6, 6.07) is 16.5. The maximum absolute atomic E-state index is 12.5. The second-order valence-corrected chi connectivity index (χ2v) is 7.99. The molecule has 0 bridgehead atoms. The fourth-order valence-electron chi connectivity index (χ4n) is 3.01. The van der Waals surface area contributed by atoms with Crippen LogP contribution in [0.3, 0.4) is 0 Å². The quantitative estimate of drug-likeness (QED) is 0.798. The maximum atomic E-state index is 12.5. The van der Waals surface area contributed by atoms with E-state index >= 15 is 0 Å². The fraction of sp³-hybridized carbons (Fsp3) is 0.100. The van der Waals surface area contributed by atoms with E-state index in [2.05, 4.69) is 4.40 Å². The first-order valence-electron chi connectivity index (χ1n) is 8.25. The van der Waals surface area contributed by atoms with Crippen molar-refractivity contribution in [3.8, 4) is 0 Å². The Labute approximate surface area is 153 Å². The van der Waals surface area contributed by atoms with E-state index in [0.717, 1.165) is 11.1 Å². The molecule has 0 saturated carbocycles. The zero-order chi connectivity index (χ0) is 18.1. The van der Waals surface area contributed by atoms with Crippen molar-refractivity contribution in [1.82, 2.24) is 4.90 Å².